The summed E-state index contributed by atoms with van der Waals surface area (Å²) in [5.74, 6) is -0.0332. The molecule has 1 heterocycles. The molecule has 1 amide bonds. The van der Waals surface area contributed by atoms with Gasteiger partial charge in [0.05, 0.1) is 23.1 Å². The van der Waals surface area contributed by atoms with Crippen molar-refractivity contribution in [2.75, 3.05) is 12.8 Å². The van der Waals surface area contributed by atoms with Gasteiger partial charge in [-0.05, 0) is 33.3 Å². The molecule has 0 aliphatic carbocycles. The molecule has 0 spiro atoms. The second kappa shape index (κ2) is 4.73. The Balaban J connectivity index is 3.08. The Morgan fingerprint density at radius 2 is 2.12 bits per heavy atom. The number of hydrogen-bond acceptors (Lipinski definition) is 3. The highest BCUT2D eigenvalue weighted by molar-refractivity contribution is 5.96. The van der Waals surface area contributed by atoms with Gasteiger partial charge in [0, 0.05) is 12.6 Å². The van der Waals surface area contributed by atoms with Crippen molar-refractivity contribution in [3.05, 3.63) is 23.5 Å². The number of amides is 1. The first-order valence-corrected chi connectivity index (χ1v) is 5.80. The molecule has 2 N–H and O–H groups in total. The maximum Gasteiger partial charge on any atom is 0.255 e. The SMILES string of the molecule is CCC(C)(C)N(C)C(=O)c1cc(N)cnc1C. The van der Waals surface area contributed by atoms with E-state index in [0.29, 0.717) is 16.9 Å². The molecule has 0 unspecified atom stereocenters. The van der Waals surface area contributed by atoms with Gasteiger partial charge >= 0.3 is 0 Å². The van der Waals surface area contributed by atoms with Gasteiger partial charge in [0.1, 0.15) is 0 Å². The smallest absolute Gasteiger partial charge is 0.255 e. The summed E-state index contributed by atoms with van der Waals surface area (Å²) in [5, 5.41) is 0. The number of aryl methyl sites for hydroxylation is 1. The van der Waals surface area contributed by atoms with Gasteiger partial charge in [-0.25, -0.2) is 0 Å². The van der Waals surface area contributed by atoms with Crippen LogP contribution in [0.1, 0.15) is 43.2 Å². The van der Waals surface area contributed by atoms with E-state index in [0.717, 1.165) is 6.42 Å². The quantitative estimate of drug-likeness (QED) is 0.874. The van der Waals surface area contributed by atoms with Crippen LogP contribution in [0.3, 0.4) is 0 Å². The van der Waals surface area contributed by atoms with Crippen molar-refractivity contribution in [3.8, 4) is 0 Å². The Bertz CT molecular complexity index is 427. The maximum absolute atomic E-state index is 12.4. The lowest BCUT2D eigenvalue weighted by Gasteiger charge is -2.35. The molecule has 94 valence electrons. The number of aromatic nitrogens is 1. The molecule has 0 saturated heterocycles. The first-order chi connectivity index (χ1) is 7.79. The van der Waals surface area contributed by atoms with Crippen molar-refractivity contribution in [1.82, 2.24) is 9.88 Å². The summed E-state index contributed by atoms with van der Waals surface area (Å²) < 4.78 is 0. The van der Waals surface area contributed by atoms with Crippen LogP contribution in [0.5, 0.6) is 0 Å². The zero-order chi connectivity index (χ0) is 13.2. The maximum atomic E-state index is 12.4. The van der Waals surface area contributed by atoms with E-state index < -0.39 is 0 Å². The Kier molecular flexibility index (Phi) is 3.76. The topological polar surface area (TPSA) is 59.2 Å². The number of nitrogen functional groups attached to an aromatic ring is 1. The average molecular weight is 235 g/mol. The third-order valence-corrected chi connectivity index (χ3v) is 3.42. The Labute approximate surface area is 103 Å². The molecule has 4 nitrogen and oxygen atoms in total. The summed E-state index contributed by atoms with van der Waals surface area (Å²) in [4.78, 5) is 18.2. The number of rotatable bonds is 3. The van der Waals surface area contributed by atoms with Crippen molar-refractivity contribution < 1.29 is 4.79 Å². The van der Waals surface area contributed by atoms with Crippen molar-refractivity contribution in [2.24, 2.45) is 0 Å². The van der Waals surface area contributed by atoms with E-state index in [4.69, 9.17) is 5.73 Å². The Hall–Kier alpha value is -1.58. The van der Waals surface area contributed by atoms with Crippen LogP contribution < -0.4 is 5.73 Å². The summed E-state index contributed by atoms with van der Waals surface area (Å²) in [6.07, 6.45) is 2.46. The molecule has 0 atom stereocenters. The second-order valence-corrected chi connectivity index (χ2v) is 4.93. The molecule has 1 aromatic heterocycles. The lowest BCUT2D eigenvalue weighted by molar-refractivity contribution is 0.0619. The van der Waals surface area contributed by atoms with Crippen LogP contribution in [0.4, 0.5) is 5.69 Å². The summed E-state index contributed by atoms with van der Waals surface area (Å²) >= 11 is 0. The predicted molar refractivity (Wildman–Crippen MR) is 69.8 cm³/mol. The van der Waals surface area contributed by atoms with Crippen molar-refractivity contribution in [2.45, 2.75) is 39.7 Å². The third kappa shape index (κ3) is 2.75. The van der Waals surface area contributed by atoms with Crippen LogP contribution in [0.2, 0.25) is 0 Å². The van der Waals surface area contributed by atoms with E-state index in [9.17, 15) is 4.79 Å². The molecule has 1 rings (SSSR count). The van der Waals surface area contributed by atoms with Gasteiger partial charge in [-0.3, -0.25) is 9.78 Å². The summed E-state index contributed by atoms with van der Waals surface area (Å²) in [7, 11) is 1.81. The highest BCUT2D eigenvalue weighted by atomic mass is 16.2. The normalized spacial score (nSPS) is 11.4. The number of carbonyl (C=O) groups excluding carboxylic acids is 1. The van der Waals surface area contributed by atoms with E-state index in [1.54, 1.807) is 17.2 Å². The van der Waals surface area contributed by atoms with E-state index in [2.05, 4.69) is 11.9 Å². The molecule has 0 aliphatic heterocycles. The molecule has 0 radical (unpaired) electrons. The van der Waals surface area contributed by atoms with Gasteiger partial charge in [0.2, 0.25) is 0 Å². The van der Waals surface area contributed by atoms with Crippen LogP contribution in [0.25, 0.3) is 0 Å². The summed E-state index contributed by atoms with van der Waals surface area (Å²) in [5.41, 5.74) is 7.31. The second-order valence-electron chi connectivity index (χ2n) is 4.93. The number of hydrogen-bond donors (Lipinski definition) is 1. The van der Waals surface area contributed by atoms with E-state index >= 15 is 0 Å². The van der Waals surface area contributed by atoms with E-state index in [1.165, 1.54) is 0 Å². The van der Waals surface area contributed by atoms with Crippen LogP contribution in [0.15, 0.2) is 12.3 Å². The lowest BCUT2D eigenvalue weighted by atomic mass is 9.98. The molecular formula is C13H21N3O. The van der Waals surface area contributed by atoms with Crippen LogP contribution in [-0.2, 0) is 0 Å². The monoisotopic (exact) mass is 235 g/mol. The molecule has 0 saturated carbocycles. The fraction of sp³-hybridized carbons (Fsp3) is 0.538. The minimum absolute atomic E-state index is 0.0332. The van der Waals surface area contributed by atoms with Crippen molar-refractivity contribution >= 4 is 11.6 Å². The molecule has 0 fully saturated rings. The molecule has 0 aliphatic rings. The van der Waals surface area contributed by atoms with Gasteiger partial charge in [-0.15, -0.1) is 0 Å². The zero-order valence-electron chi connectivity index (χ0n) is 11.2. The van der Waals surface area contributed by atoms with Crippen LogP contribution in [-0.4, -0.2) is 28.4 Å². The summed E-state index contributed by atoms with van der Waals surface area (Å²) in [6.45, 7) is 7.97. The lowest BCUT2D eigenvalue weighted by Crippen LogP contribution is -2.44. The summed E-state index contributed by atoms with van der Waals surface area (Å²) in [6, 6.07) is 1.69. The number of pyridine rings is 1. The van der Waals surface area contributed by atoms with Crippen LogP contribution >= 0.6 is 0 Å². The number of anilines is 1. The predicted octanol–water partition coefficient (Wildman–Crippen LogP) is 2.23. The Morgan fingerprint density at radius 1 is 1.53 bits per heavy atom. The van der Waals surface area contributed by atoms with E-state index in [-0.39, 0.29) is 11.4 Å². The fourth-order valence-corrected chi connectivity index (χ4v) is 1.46. The molecule has 0 bridgehead atoms. The molecule has 17 heavy (non-hydrogen) atoms. The third-order valence-electron chi connectivity index (χ3n) is 3.42. The highest BCUT2D eigenvalue weighted by Crippen LogP contribution is 2.21. The number of nitrogens with zero attached hydrogens (tertiary/aromatic N) is 2. The van der Waals surface area contributed by atoms with Gasteiger partial charge in [-0.2, -0.15) is 0 Å². The molecule has 0 aromatic carbocycles. The largest absolute Gasteiger partial charge is 0.397 e. The minimum Gasteiger partial charge on any atom is -0.397 e. The zero-order valence-corrected chi connectivity index (χ0v) is 11.2. The molecule has 1 aromatic rings. The standard InChI is InChI=1S/C13H21N3O/c1-6-13(3,4)16(5)12(17)11-7-10(14)8-15-9(11)2/h7-8H,6,14H2,1-5H3. The first kappa shape index (κ1) is 13.5. The van der Waals surface area contributed by atoms with Crippen molar-refractivity contribution in [3.63, 3.8) is 0 Å². The first-order valence-electron chi connectivity index (χ1n) is 5.80. The number of nitrogens with two attached hydrogens (primary N) is 1. The van der Waals surface area contributed by atoms with Gasteiger partial charge in [0.15, 0.2) is 0 Å². The Morgan fingerprint density at radius 3 is 2.65 bits per heavy atom. The van der Waals surface area contributed by atoms with Gasteiger partial charge < -0.3 is 10.6 Å². The average Bonchev–Trinajstić information content (AvgIpc) is 2.30. The fourth-order valence-electron chi connectivity index (χ4n) is 1.46. The highest BCUT2D eigenvalue weighted by Gasteiger charge is 2.27. The number of carbonyl (C=O) groups is 1. The van der Waals surface area contributed by atoms with Crippen molar-refractivity contribution in [1.29, 1.82) is 0 Å². The van der Waals surface area contributed by atoms with Gasteiger partial charge in [0.25, 0.3) is 5.91 Å². The minimum atomic E-state index is -0.172. The molecule has 4 heteroatoms. The van der Waals surface area contributed by atoms with E-state index in [1.807, 2.05) is 27.8 Å². The molecular weight excluding hydrogens is 214 g/mol. The van der Waals surface area contributed by atoms with Gasteiger partial charge in [-0.1, -0.05) is 6.92 Å². The van der Waals surface area contributed by atoms with Crippen LogP contribution in [0, 0.1) is 6.92 Å².